The van der Waals surface area contributed by atoms with Gasteiger partial charge < -0.3 is 9.47 Å². The van der Waals surface area contributed by atoms with E-state index >= 15 is 0 Å². The van der Waals surface area contributed by atoms with Crippen molar-refractivity contribution in [3.63, 3.8) is 0 Å². The Labute approximate surface area is 229 Å². The normalized spacial score (nSPS) is 20.1. The van der Waals surface area contributed by atoms with Gasteiger partial charge in [-0.05, 0) is 30.2 Å². The van der Waals surface area contributed by atoms with E-state index in [9.17, 15) is 22.4 Å². The van der Waals surface area contributed by atoms with Crippen LogP contribution in [0.4, 0.5) is 4.39 Å². The van der Waals surface area contributed by atoms with Crippen molar-refractivity contribution in [1.82, 2.24) is 4.90 Å². The topological polar surface area (TPSA) is 99.2 Å². The molecular weight excluding hydrogens is 560 g/mol. The number of nitrogens with zero attached hydrogens (tertiary/aromatic N) is 1. The summed E-state index contributed by atoms with van der Waals surface area (Å²) >= 11 is 13.0. The smallest absolute Gasteiger partial charge is 0.264 e. The Hall–Kier alpha value is -2.92. The number of amides is 2. The van der Waals surface area contributed by atoms with Gasteiger partial charge in [-0.1, -0.05) is 36.7 Å². The van der Waals surface area contributed by atoms with E-state index in [2.05, 4.69) is 0 Å². The van der Waals surface area contributed by atoms with E-state index < -0.39 is 52.4 Å². The summed E-state index contributed by atoms with van der Waals surface area (Å²) < 4.78 is 55.1. The maximum atomic E-state index is 14.7. The number of halogens is 3. The summed E-state index contributed by atoms with van der Waals surface area (Å²) in [6.45, 7) is 0.993. The van der Waals surface area contributed by atoms with Gasteiger partial charge in [0.15, 0.2) is 11.5 Å². The lowest BCUT2D eigenvalue weighted by Crippen LogP contribution is -2.41. The molecule has 2 unspecified atom stereocenters. The van der Waals surface area contributed by atoms with Gasteiger partial charge in [0.25, 0.3) is 21.9 Å². The van der Waals surface area contributed by atoms with Crippen molar-refractivity contribution in [3.05, 3.63) is 76.1 Å². The molecule has 0 aromatic heterocycles. The Morgan fingerprint density at radius 3 is 2.32 bits per heavy atom. The number of ether oxygens (including phenoxy) is 2. The predicted molar refractivity (Wildman–Crippen MR) is 141 cm³/mol. The van der Waals surface area contributed by atoms with Gasteiger partial charge in [-0.3, -0.25) is 18.7 Å². The van der Waals surface area contributed by atoms with Crippen LogP contribution in [-0.2, 0) is 14.3 Å². The molecule has 12 heteroatoms. The largest absolute Gasteiger partial charge is 0.492 e. The van der Waals surface area contributed by atoms with Crippen LogP contribution in [0.3, 0.4) is 0 Å². The van der Waals surface area contributed by atoms with Gasteiger partial charge in [-0.2, -0.15) is 8.42 Å². The zero-order chi connectivity index (χ0) is 27.8. The number of fused-ring (bicyclic) bond motifs is 1. The molecule has 38 heavy (non-hydrogen) atoms. The first-order valence-corrected chi connectivity index (χ1v) is 14.1. The SMILES string of the molecule is COc1c(OC[C@@H](CN2C(=O)c3ccccc3C2=O)OS(C)(=O)=O)cc(F)cc1C1=C(Cl)C=CC(C)C1Cl. The molecule has 3 atom stereocenters. The molecule has 0 radical (unpaired) electrons. The number of carbonyl (C=O) groups is 2. The molecule has 0 saturated heterocycles. The summed E-state index contributed by atoms with van der Waals surface area (Å²) in [5.74, 6) is -1.92. The molecule has 2 aromatic carbocycles. The summed E-state index contributed by atoms with van der Waals surface area (Å²) in [5.41, 5.74) is 1.11. The molecule has 8 nitrogen and oxygen atoms in total. The van der Waals surface area contributed by atoms with E-state index in [4.69, 9.17) is 36.9 Å². The monoisotopic (exact) mass is 583 g/mol. The molecule has 0 saturated carbocycles. The van der Waals surface area contributed by atoms with Gasteiger partial charge in [-0.15, -0.1) is 11.6 Å². The number of allylic oxidation sites excluding steroid dienone is 4. The first kappa shape index (κ1) is 28.1. The lowest BCUT2D eigenvalue weighted by molar-refractivity contribution is 0.0518. The van der Waals surface area contributed by atoms with Crippen LogP contribution in [0.15, 0.2) is 53.6 Å². The molecular formula is C26H24Cl2FNO7S. The summed E-state index contributed by atoms with van der Waals surface area (Å²) in [6.07, 6.45) is 3.03. The molecule has 2 amide bonds. The van der Waals surface area contributed by atoms with E-state index in [1.807, 2.05) is 13.0 Å². The molecule has 1 heterocycles. The third kappa shape index (κ3) is 5.73. The number of methoxy groups -OCH3 is 1. The van der Waals surface area contributed by atoms with Crippen molar-refractivity contribution >= 4 is 50.7 Å². The maximum absolute atomic E-state index is 14.7. The lowest BCUT2D eigenvalue weighted by atomic mass is 9.89. The van der Waals surface area contributed by atoms with Crippen molar-refractivity contribution in [2.24, 2.45) is 5.92 Å². The Bertz CT molecular complexity index is 1420. The van der Waals surface area contributed by atoms with Crippen LogP contribution in [-0.4, -0.2) is 63.1 Å². The number of imide groups is 1. The highest BCUT2D eigenvalue weighted by atomic mass is 35.5. The lowest BCUT2D eigenvalue weighted by Gasteiger charge is -2.26. The summed E-state index contributed by atoms with van der Waals surface area (Å²) in [7, 11) is -2.67. The molecule has 0 bridgehead atoms. The quantitative estimate of drug-likeness (QED) is 0.241. The average molecular weight is 584 g/mol. The number of hydrogen-bond acceptors (Lipinski definition) is 7. The van der Waals surface area contributed by atoms with Crippen LogP contribution in [0.2, 0.25) is 0 Å². The van der Waals surface area contributed by atoms with E-state index in [1.165, 1.54) is 25.3 Å². The number of carbonyl (C=O) groups excluding carboxylic acids is 2. The Kier molecular flexibility index (Phi) is 8.17. The molecule has 1 aliphatic carbocycles. The maximum Gasteiger partial charge on any atom is 0.264 e. The van der Waals surface area contributed by atoms with Gasteiger partial charge in [0.05, 0.1) is 36.4 Å². The van der Waals surface area contributed by atoms with Crippen LogP contribution < -0.4 is 9.47 Å². The Balaban J connectivity index is 1.63. The predicted octanol–water partition coefficient (Wildman–Crippen LogP) is 4.62. The number of rotatable bonds is 9. The minimum Gasteiger partial charge on any atom is -0.492 e. The Morgan fingerprint density at radius 1 is 1.11 bits per heavy atom. The van der Waals surface area contributed by atoms with E-state index in [0.29, 0.717) is 10.6 Å². The fourth-order valence-electron chi connectivity index (χ4n) is 4.33. The second-order valence-corrected chi connectivity index (χ2v) is 11.3. The fraction of sp³-hybridized carbons (Fsp3) is 0.308. The summed E-state index contributed by atoms with van der Waals surface area (Å²) in [5, 5.41) is -0.270. The number of alkyl halides is 1. The standard InChI is InChI=1S/C26H24Cl2FNO7S/c1-14-8-9-20(27)22(23(14)28)19-10-15(29)11-21(24(19)35-2)36-13-16(37-38(3,33)34)12-30-25(31)17-6-4-5-7-18(17)26(30)32/h4-11,14,16,23H,12-13H2,1-3H3/t14?,16-,23?/m1/s1. The minimum atomic E-state index is -4.03. The third-order valence-electron chi connectivity index (χ3n) is 6.05. The van der Waals surface area contributed by atoms with Gasteiger partial charge in [0.2, 0.25) is 0 Å². The third-order valence-corrected chi connectivity index (χ3v) is 7.62. The van der Waals surface area contributed by atoms with Gasteiger partial charge in [0, 0.05) is 22.2 Å². The summed E-state index contributed by atoms with van der Waals surface area (Å²) in [4.78, 5) is 26.5. The van der Waals surface area contributed by atoms with E-state index in [1.54, 1.807) is 18.2 Å². The molecule has 2 aromatic rings. The van der Waals surface area contributed by atoms with Crippen LogP contribution in [0.25, 0.3) is 5.57 Å². The van der Waals surface area contributed by atoms with Crippen LogP contribution in [0.5, 0.6) is 11.5 Å². The molecule has 2 aliphatic rings. The molecule has 4 rings (SSSR count). The number of benzene rings is 2. The molecule has 0 spiro atoms. The van der Waals surface area contributed by atoms with Gasteiger partial charge in [0.1, 0.15) is 18.5 Å². The van der Waals surface area contributed by atoms with Crippen molar-refractivity contribution in [2.75, 3.05) is 26.5 Å². The highest BCUT2D eigenvalue weighted by molar-refractivity contribution is 7.86. The van der Waals surface area contributed by atoms with Crippen molar-refractivity contribution in [1.29, 1.82) is 0 Å². The number of hydrogen-bond donors (Lipinski definition) is 0. The van der Waals surface area contributed by atoms with Crippen molar-refractivity contribution < 1.29 is 36.1 Å². The Morgan fingerprint density at radius 2 is 1.74 bits per heavy atom. The summed E-state index contributed by atoms with van der Waals surface area (Å²) in [6, 6.07) is 8.51. The molecule has 202 valence electrons. The fourth-order valence-corrected chi connectivity index (χ4v) is 5.61. The van der Waals surface area contributed by atoms with Crippen LogP contribution >= 0.6 is 23.2 Å². The highest BCUT2D eigenvalue weighted by Gasteiger charge is 2.37. The first-order valence-electron chi connectivity index (χ1n) is 11.5. The minimum absolute atomic E-state index is 0.0741. The van der Waals surface area contributed by atoms with Crippen LogP contribution in [0, 0.1) is 11.7 Å². The zero-order valence-electron chi connectivity index (χ0n) is 20.6. The molecule has 1 aliphatic heterocycles. The second kappa shape index (κ2) is 11.1. The van der Waals surface area contributed by atoms with Crippen molar-refractivity contribution in [2.45, 2.75) is 18.4 Å². The zero-order valence-corrected chi connectivity index (χ0v) is 22.9. The average Bonchev–Trinajstić information content (AvgIpc) is 3.09. The first-order chi connectivity index (χ1) is 17.9. The van der Waals surface area contributed by atoms with E-state index in [0.717, 1.165) is 17.2 Å². The van der Waals surface area contributed by atoms with Crippen molar-refractivity contribution in [3.8, 4) is 11.5 Å². The van der Waals surface area contributed by atoms with Gasteiger partial charge in [-0.25, -0.2) is 4.39 Å². The molecule has 0 fully saturated rings. The van der Waals surface area contributed by atoms with Gasteiger partial charge >= 0.3 is 0 Å². The second-order valence-electron chi connectivity index (χ2n) is 8.87. The van der Waals surface area contributed by atoms with Crippen LogP contribution in [0.1, 0.15) is 33.2 Å². The van der Waals surface area contributed by atoms with E-state index in [-0.39, 0.29) is 34.1 Å². The highest BCUT2D eigenvalue weighted by Crippen LogP contribution is 2.44. The molecule has 0 N–H and O–H groups in total.